The SMILES string of the molecule is CCCCCC1C=CC(CCCCCC(C(=O)O)C(O)CC(CNC)C2(O)CC(Cc3ccnc(N)c3)CC2Cc2cc(Cc3ccc(O)cc3)c[n-]2)C(O)C1. The maximum Gasteiger partial charge on any atom is 0.309 e. The fraction of sp³-hybridized carbons (Fsp3) is 0.609. The van der Waals surface area contributed by atoms with Gasteiger partial charge in [0.05, 0.1) is 23.7 Å². The summed E-state index contributed by atoms with van der Waals surface area (Å²) in [5.74, 6) is -1.05. The van der Waals surface area contributed by atoms with Crippen molar-refractivity contribution in [1.29, 1.82) is 0 Å². The third-order valence-corrected chi connectivity index (χ3v) is 12.7. The molecule has 0 bridgehead atoms. The zero-order valence-corrected chi connectivity index (χ0v) is 33.6. The van der Waals surface area contributed by atoms with Crippen LogP contribution in [0.3, 0.4) is 0 Å². The first kappa shape index (κ1) is 43.4. The number of pyridine rings is 1. The number of aliphatic hydroxyl groups is 3. The van der Waals surface area contributed by atoms with Crippen molar-refractivity contribution in [3.63, 3.8) is 0 Å². The molecule has 2 heterocycles. The molecule has 0 amide bonds. The molecular weight excluding hydrogens is 705 g/mol. The zero-order chi connectivity index (χ0) is 40.1. The molecule has 8 N–H and O–H groups in total. The highest BCUT2D eigenvalue weighted by atomic mass is 16.4. The highest BCUT2D eigenvalue weighted by Crippen LogP contribution is 2.48. The molecule has 5 rings (SSSR count). The summed E-state index contributed by atoms with van der Waals surface area (Å²) < 4.78 is 0. The molecule has 2 aromatic heterocycles. The Kier molecular flexibility index (Phi) is 16.4. The molecule has 3 aromatic rings. The van der Waals surface area contributed by atoms with E-state index >= 15 is 0 Å². The number of hydrogen-bond acceptors (Lipinski definition) is 8. The van der Waals surface area contributed by atoms with Gasteiger partial charge in [0.15, 0.2) is 0 Å². The smallest absolute Gasteiger partial charge is 0.309 e. The number of nitrogens with two attached hydrogens (primary N) is 1. The summed E-state index contributed by atoms with van der Waals surface area (Å²) in [6, 6.07) is 13.1. The minimum Gasteiger partial charge on any atom is -0.667 e. The molecule has 10 nitrogen and oxygen atoms in total. The van der Waals surface area contributed by atoms with Gasteiger partial charge in [0.2, 0.25) is 0 Å². The van der Waals surface area contributed by atoms with Gasteiger partial charge in [-0.05, 0) is 124 Å². The average Bonchev–Trinajstić information content (AvgIpc) is 3.73. The summed E-state index contributed by atoms with van der Waals surface area (Å²) in [6.07, 6.45) is 19.3. The first-order chi connectivity index (χ1) is 27.0. The second-order valence-corrected chi connectivity index (χ2v) is 17.1. The molecule has 0 radical (unpaired) electrons. The molecule has 1 aromatic carbocycles. The Bertz CT molecular complexity index is 1660. The van der Waals surface area contributed by atoms with Crippen LogP contribution in [0, 0.1) is 35.5 Å². The number of rotatable bonds is 23. The van der Waals surface area contributed by atoms with Crippen molar-refractivity contribution in [1.82, 2.24) is 15.3 Å². The molecule has 10 heteroatoms. The van der Waals surface area contributed by atoms with Crippen LogP contribution in [0.25, 0.3) is 0 Å². The number of aliphatic carboxylic acids is 1. The van der Waals surface area contributed by atoms with Crippen molar-refractivity contribution in [2.75, 3.05) is 19.3 Å². The molecule has 0 aliphatic heterocycles. The zero-order valence-electron chi connectivity index (χ0n) is 33.6. The van der Waals surface area contributed by atoms with E-state index in [2.05, 4.69) is 35.4 Å². The number of nitrogen functional groups attached to an aromatic ring is 1. The number of aromatic hydroxyl groups is 1. The molecule has 308 valence electrons. The Morgan fingerprint density at radius 3 is 2.50 bits per heavy atom. The van der Waals surface area contributed by atoms with E-state index in [-0.39, 0.29) is 36.0 Å². The fourth-order valence-corrected chi connectivity index (χ4v) is 9.67. The second kappa shape index (κ2) is 21.2. The van der Waals surface area contributed by atoms with E-state index in [1.807, 2.05) is 37.5 Å². The van der Waals surface area contributed by atoms with Crippen LogP contribution in [-0.4, -0.2) is 67.9 Å². The number of carboxylic acids is 1. The van der Waals surface area contributed by atoms with Crippen LogP contribution in [0.2, 0.25) is 0 Å². The molecule has 9 unspecified atom stereocenters. The molecule has 1 saturated carbocycles. The molecule has 9 atom stereocenters. The minimum atomic E-state index is -1.17. The van der Waals surface area contributed by atoms with Crippen LogP contribution >= 0.6 is 0 Å². The number of nitrogens with one attached hydrogen (secondary N) is 1. The van der Waals surface area contributed by atoms with Crippen molar-refractivity contribution in [2.24, 2.45) is 35.5 Å². The number of anilines is 1. The number of aromatic nitrogens is 2. The van der Waals surface area contributed by atoms with Crippen molar-refractivity contribution < 1.29 is 30.3 Å². The topological polar surface area (TPSA) is 183 Å². The third kappa shape index (κ3) is 12.4. The van der Waals surface area contributed by atoms with E-state index in [0.29, 0.717) is 50.4 Å². The number of carbonyl (C=O) groups is 1. The number of hydrogen-bond donors (Lipinski definition) is 7. The molecule has 2 aliphatic carbocycles. The van der Waals surface area contributed by atoms with Crippen molar-refractivity contribution in [2.45, 2.75) is 127 Å². The van der Waals surface area contributed by atoms with Gasteiger partial charge in [-0.1, -0.05) is 81.4 Å². The number of unbranched alkanes of at least 4 members (excludes halogenated alkanes) is 4. The van der Waals surface area contributed by atoms with Crippen LogP contribution in [0.5, 0.6) is 5.75 Å². The van der Waals surface area contributed by atoms with Gasteiger partial charge in [-0.3, -0.25) is 4.79 Å². The van der Waals surface area contributed by atoms with E-state index in [0.717, 1.165) is 67.3 Å². The Hall–Kier alpha value is -3.70. The van der Waals surface area contributed by atoms with Gasteiger partial charge in [-0.25, -0.2) is 4.98 Å². The molecule has 0 saturated heterocycles. The highest BCUT2D eigenvalue weighted by molar-refractivity contribution is 5.70. The third-order valence-electron chi connectivity index (χ3n) is 12.7. The summed E-state index contributed by atoms with van der Waals surface area (Å²) in [5.41, 5.74) is 8.92. The Morgan fingerprint density at radius 1 is 1.00 bits per heavy atom. The van der Waals surface area contributed by atoms with E-state index in [1.165, 1.54) is 19.3 Å². The van der Waals surface area contributed by atoms with Gasteiger partial charge < -0.3 is 41.6 Å². The standard InChI is InChI=1S/C46H67N4O6/c1-3-4-6-9-31-12-15-36(42(52)24-31)10-7-5-8-11-41(45(54)55)43(53)27-38(30-48-2)46(56)28-34(21-33-18-19-49-44(47)25-33)22-37(46)26-39-23-35(29-50-39)20-32-13-16-40(51)17-14-32/h12-19,23,25,29,31,34,36-38,41-43,48,51-53,56H,3-11,20-22,24,26-28,30H2,1-2H3,(H2,47,49)(H,54,55)/q-1. The number of phenolic OH excluding ortho intramolecular Hbond substituents is 1. The van der Waals surface area contributed by atoms with Crippen LogP contribution in [0.1, 0.15) is 113 Å². The predicted octanol–water partition coefficient (Wildman–Crippen LogP) is 6.83. The van der Waals surface area contributed by atoms with E-state index in [9.17, 15) is 30.3 Å². The van der Waals surface area contributed by atoms with Gasteiger partial charge in [-0.2, -0.15) is 11.9 Å². The van der Waals surface area contributed by atoms with Gasteiger partial charge in [0.1, 0.15) is 11.6 Å². The molecule has 2 aliphatic rings. The largest absolute Gasteiger partial charge is 0.667 e. The van der Waals surface area contributed by atoms with Crippen LogP contribution in [-0.2, 0) is 24.1 Å². The highest BCUT2D eigenvalue weighted by Gasteiger charge is 2.51. The van der Waals surface area contributed by atoms with E-state index in [1.54, 1.807) is 18.3 Å². The van der Waals surface area contributed by atoms with Gasteiger partial charge >= 0.3 is 5.97 Å². The minimum absolute atomic E-state index is 0.148. The lowest BCUT2D eigenvalue weighted by molar-refractivity contribution is -0.148. The quantitative estimate of drug-likeness (QED) is 0.0399. The Labute approximate surface area is 334 Å². The second-order valence-electron chi connectivity index (χ2n) is 17.1. The molecule has 0 spiro atoms. The number of benzene rings is 1. The first-order valence-corrected chi connectivity index (χ1v) is 21.2. The number of nitrogens with zero attached hydrogens (tertiary/aromatic N) is 2. The van der Waals surface area contributed by atoms with Gasteiger partial charge in [0.25, 0.3) is 0 Å². The van der Waals surface area contributed by atoms with Crippen LogP contribution < -0.4 is 16.0 Å². The fourth-order valence-electron chi connectivity index (χ4n) is 9.67. The predicted molar refractivity (Wildman–Crippen MR) is 221 cm³/mol. The summed E-state index contributed by atoms with van der Waals surface area (Å²) in [6.45, 7) is 2.64. The van der Waals surface area contributed by atoms with Crippen LogP contribution in [0.4, 0.5) is 5.82 Å². The summed E-state index contributed by atoms with van der Waals surface area (Å²) in [4.78, 5) is 21.5. The summed E-state index contributed by atoms with van der Waals surface area (Å²) in [7, 11) is 1.83. The Morgan fingerprint density at radius 2 is 1.79 bits per heavy atom. The van der Waals surface area contributed by atoms with Crippen molar-refractivity contribution in [3.8, 4) is 5.75 Å². The lowest BCUT2D eigenvalue weighted by atomic mass is 9.73. The number of aliphatic hydroxyl groups excluding tert-OH is 2. The van der Waals surface area contributed by atoms with Gasteiger partial charge in [0, 0.05) is 24.6 Å². The maximum absolute atomic E-state index is 12.8. The normalized spacial score (nSPS) is 25.3. The van der Waals surface area contributed by atoms with Crippen molar-refractivity contribution in [3.05, 3.63) is 89.4 Å². The monoisotopic (exact) mass is 772 g/mol. The van der Waals surface area contributed by atoms with Gasteiger partial charge in [-0.15, -0.1) is 0 Å². The number of allylic oxidation sites excluding steroid dienone is 1. The Balaban J connectivity index is 1.22. The first-order valence-electron chi connectivity index (χ1n) is 21.2. The average molecular weight is 772 g/mol. The molecule has 56 heavy (non-hydrogen) atoms. The lowest BCUT2D eigenvalue weighted by Gasteiger charge is -2.40. The molecule has 1 fully saturated rings. The lowest BCUT2D eigenvalue weighted by Crippen LogP contribution is -2.48. The van der Waals surface area contributed by atoms with Crippen LogP contribution in [0.15, 0.2) is 67.0 Å². The molecular formula is C46H67N4O6-. The maximum atomic E-state index is 12.8. The van der Waals surface area contributed by atoms with E-state index in [4.69, 9.17) is 10.7 Å². The van der Waals surface area contributed by atoms with Crippen molar-refractivity contribution >= 4 is 11.8 Å². The number of carboxylic acid groups (broad SMARTS) is 1. The summed E-state index contributed by atoms with van der Waals surface area (Å²) >= 11 is 0. The van der Waals surface area contributed by atoms with E-state index < -0.39 is 29.5 Å². The number of phenols is 1. The summed E-state index contributed by atoms with van der Waals surface area (Å²) in [5, 5.41) is 58.4.